The minimum Gasteiger partial charge on any atom is -0.399 e. The summed E-state index contributed by atoms with van der Waals surface area (Å²) in [6.45, 7) is 0. The number of anilines is 3. The molecule has 0 saturated heterocycles. The molecule has 0 unspecified atom stereocenters. The van der Waals surface area contributed by atoms with Gasteiger partial charge < -0.3 is 11.1 Å². The zero-order valence-electron chi connectivity index (χ0n) is 10.4. The summed E-state index contributed by atoms with van der Waals surface area (Å²) in [6.07, 6.45) is -0.595. The summed E-state index contributed by atoms with van der Waals surface area (Å²) in [7, 11) is 0. The zero-order chi connectivity index (χ0) is 13.8. The Kier molecular flexibility index (Phi) is 4.27. The Labute approximate surface area is 115 Å². The van der Waals surface area contributed by atoms with Crippen LogP contribution in [0, 0.1) is 0 Å². The number of nitrogen functional groups attached to an aromatic ring is 1. The van der Waals surface area contributed by atoms with Gasteiger partial charge in [-0.05, 0) is 42.7 Å². The molecule has 100 valence electrons. The van der Waals surface area contributed by atoms with Crippen molar-refractivity contribution in [1.82, 2.24) is 0 Å². The van der Waals surface area contributed by atoms with E-state index in [1.54, 1.807) is 23.9 Å². The summed E-state index contributed by atoms with van der Waals surface area (Å²) in [6, 6.07) is 12.1. The van der Waals surface area contributed by atoms with Gasteiger partial charge >= 0.3 is 0 Å². The average Bonchev–Trinajstić information content (AvgIpc) is 2.41. The highest BCUT2D eigenvalue weighted by molar-refractivity contribution is 7.98. The van der Waals surface area contributed by atoms with Crippen LogP contribution >= 0.6 is 11.8 Å². The number of hydrogen-bond donors (Lipinski definition) is 2. The van der Waals surface area contributed by atoms with Crippen molar-refractivity contribution in [3.63, 3.8) is 0 Å². The molecule has 0 radical (unpaired) electrons. The van der Waals surface area contributed by atoms with E-state index in [-0.39, 0.29) is 5.56 Å². The van der Waals surface area contributed by atoms with Gasteiger partial charge in [-0.2, -0.15) is 0 Å². The molecule has 0 aliphatic rings. The van der Waals surface area contributed by atoms with E-state index in [4.69, 9.17) is 5.73 Å². The van der Waals surface area contributed by atoms with E-state index in [1.165, 1.54) is 6.07 Å². The van der Waals surface area contributed by atoms with E-state index >= 15 is 0 Å². The van der Waals surface area contributed by atoms with E-state index < -0.39 is 6.43 Å². The molecule has 5 heteroatoms. The van der Waals surface area contributed by atoms with Crippen molar-refractivity contribution in [1.29, 1.82) is 0 Å². The average molecular weight is 280 g/mol. The summed E-state index contributed by atoms with van der Waals surface area (Å²) < 4.78 is 25.9. The first-order valence-corrected chi connectivity index (χ1v) is 6.91. The van der Waals surface area contributed by atoms with Crippen molar-refractivity contribution in [2.75, 3.05) is 17.3 Å². The first-order valence-electron chi connectivity index (χ1n) is 5.69. The lowest BCUT2D eigenvalue weighted by molar-refractivity contribution is 0.152. The quantitative estimate of drug-likeness (QED) is 0.631. The summed E-state index contributed by atoms with van der Waals surface area (Å²) in [5.74, 6) is 0. The molecule has 2 nitrogen and oxygen atoms in total. The molecule has 0 bridgehead atoms. The van der Waals surface area contributed by atoms with Gasteiger partial charge in [0.2, 0.25) is 0 Å². The fraction of sp³-hybridized carbons (Fsp3) is 0.143. The first-order chi connectivity index (χ1) is 9.10. The largest absolute Gasteiger partial charge is 0.399 e. The van der Waals surface area contributed by atoms with Crippen molar-refractivity contribution in [2.24, 2.45) is 0 Å². The Balaban J connectivity index is 2.32. The lowest BCUT2D eigenvalue weighted by atomic mass is 10.1. The Hall–Kier alpha value is -1.75. The first kappa shape index (κ1) is 13.7. The molecule has 3 N–H and O–H groups in total. The molecule has 0 heterocycles. The Morgan fingerprint density at radius 2 is 1.95 bits per heavy atom. The van der Waals surface area contributed by atoms with Crippen molar-refractivity contribution < 1.29 is 8.78 Å². The molecule has 0 amide bonds. The molecule has 19 heavy (non-hydrogen) atoms. The smallest absolute Gasteiger partial charge is 0.265 e. The van der Waals surface area contributed by atoms with E-state index in [2.05, 4.69) is 5.32 Å². The Morgan fingerprint density at radius 1 is 1.16 bits per heavy atom. The third kappa shape index (κ3) is 3.38. The van der Waals surface area contributed by atoms with Crippen LogP contribution in [0.5, 0.6) is 0 Å². The molecule has 0 aromatic heterocycles. The highest BCUT2D eigenvalue weighted by atomic mass is 32.2. The van der Waals surface area contributed by atoms with Crippen LogP contribution in [0.4, 0.5) is 25.8 Å². The number of benzene rings is 2. The van der Waals surface area contributed by atoms with Crippen LogP contribution < -0.4 is 11.1 Å². The van der Waals surface area contributed by atoms with Gasteiger partial charge in [-0.1, -0.05) is 6.07 Å². The molecule has 0 spiro atoms. The van der Waals surface area contributed by atoms with Crippen LogP contribution in [0.15, 0.2) is 47.4 Å². The van der Waals surface area contributed by atoms with E-state index in [0.717, 1.165) is 10.6 Å². The molecule has 2 aromatic rings. The molecule has 0 aliphatic carbocycles. The third-order valence-electron chi connectivity index (χ3n) is 2.66. The van der Waals surface area contributed by atoms with Crippen LogP contribution in [0.1, 0.15) is 12.0 Å². The third-order valence-corrected chi connectivity index (χ3v) is 3.38. The molecule has 2 aromatic carbocycles. The van der Waals surface area contributed by atoms with Crippen LogP contribution in [-0.2, 0) is 0 Å². The van der Waals surface area contributed by atoms with Gasteiger partial charge in [0.25, 0.3) is 6.43 Å². The summed E-state index contributed by atoms with van der Waals surface area (Å²) >= 11 is 1.60. The minimum atomic E-state index is -2.56. The summed E-state index contributed by atoms with van der Waals surface area (Å²) in [5.41, 5.74) is 6.94. The second kappa shape index (κ2) is 5.93. The van der Waals surface area contributed by atoms with Gasteiger partial charge in [0.15, 0.2) is 0 Å². The van der Waals surface area contributed by atoms with E-state index in [0.29, 0.717) is 11.4 Å². The van der Waals surface area contributed by atoms with Gasteiger partial charge in [0, 0.05) is 27.5 Å². The molecule has 0 fully saturated rings. The predicted molar refractivity (Wildman–Crippen MR) is 77.3 cm³/mol. The number of alkyl halides is 2. The molecule has 0 aliphatic heterocycles. The standard InChI is InChI=1S/C14H14F2N2S/c1-19-11-4-2-3-10(8-11)18-13-6-5-9(17)7-12(13)14(15)16/h2-8,14,18H,17H2,1H3. The lowest BCUT2D eigenvalue weighted by Crippen LogP contribution is -1.98. The Morgan fingerprint density at radius 3 is 2.63 bits per heavy atom. The predicted octanol–water partition coefficient (Wildman–Crippen LogP) is 4.67. The van der Waals surface area contributed by atoms with Gasteiger partial charge in [0.05, 0.1) is 0 Å². The highest BCUT2D eigenvalue weighted by Crippen LogP contribution is 2.31. The monoisotopic (exact) mass is 280 g/mol. The van der Waals surface area contributed by atoms with Crippen LogP contribution in [0.3, 0.4) is 0 Å². The maximum atomic E-state index is 13.0. The number of hydrogen-bond acceptors (Lipinski definition) is 3. The zero-order valence-corrected chi connectivity index (χ0v) is 11.2. The van der Waals surface area contributed by atoms with Crippen LogP contribution in [0.25, 0.3) is 0 Å². The van der Waals surface area contributed by atoms with Crippen molar-refractivity contribution in [3.05, 3.63) is 48.0 Å². The molecular weight excluding hydrogens is 266 g/mol. The highest BCUT2D eigenvalue weighted by Gasteiger charge is 2.13. The van der Waals surface area contributed by atoms with Crippen molar-refractivity contribution in [3.8, 4) is 0 Å². The minimum absolute atomic E-state index is 0.0884. The van der Waals surface area contributed by atoms with Gasteiger partial charge in [-0.3, -0.25) is 0 Å². The molecule has 0 saturated carbocycles. The SMILES string of the molecule is CSc1cccc(Nc2ccc(N)cc2C(F)F)c1. The van der Waals surface area contributed by atoms with E-state index in [1.807, 2.05) is 30.5 Å². The fourth-order valence-electron chi connectivity index (χ4n) is 1.73. The maximum Gasteiger partial charge on any atom is 0.265 e. The second-order valence-corrected chi connectivity index (χ2v) is 4.88. The summed E-state index contributed by atoms with van der Waals surface area (Å²) in [5, 5.41) is 3.01. The molecular formula is C14H14F2N2S. The lowest BCUT2D eigenvalue weighted by Gasteiger charge is -2.13. The number of thioether (sulfide) groups is 1. The summed E-state index contributed by atoms with van der Waals surface area (Å²) in [4.78, 5) is 1.07. The maximum absolute atomic E-state index is 13.0. The number of rotatable bonds is 4. The van der Waals surface area contributed by atoms with Crippen molar-refractivity contribution >= 4 is 28.8 Å². The van der Waals surface area contributed by atoms with E-state index in [9.17, 15) is 8.78 Å². The second-order valence-electron chi connectivity index (χ2n) is 4.00. The number of nitrogens with one attached hydrogen (secondary N) is 1. The Bertz CT molecular complexity index is 573. The van der Waals surface area contributed by atoms with Gasteiger partial charge in [0.1, 0.15) is 0 Å². The normalized spacial score (nSPS) is 10.7. The van der Waals surface area contributed by atoms with Gasteiger partial charge in [-0.25, -0.2) is 8.78 Å². The molecule has 2 rings (SSSR count). The fourth-order valence-corrected chi connectivity index (χ4v) is 2.19. The van der Waals surface area contributed by atoms with Crippen LogP contribution in [0.2, 0.25) is 0 Å². The van der Waals surface area contributed by atoms with Crippen LogP contribution in [-0.4, -0.2) is 6.26 Å². The number of halogens is 2. The van der Waals surface area contributed by atoms with Gasteiger partial charge in [-0.15, -0.1) is 11.8 Å². The number of nitrogens with two attached hydrogens (primary N) is 1. The van der Waals surface area contributed by atoms with Crippen molar-refractivity contribution in [2.45, 2.75) is 11.3 Å². The topological polar surface area (TPSA) is 38.0 Å². The molecule has 0 atom stereocenters.